The van der Waals surface area contributed by atoms with Crippen LogP contribution in [0.2, 0.25) is 0 Å². The normalized spacial score (nSPS) is 17.4. The third kappa shape index (κ3) is 4.33. The molecule has 3 N–H and O–H groups in total. The Morgan fingerprint density at radius 3 is 2.25 bits per heavy atom. The first-order valence-corrected chi connectivity index (χ1v) is 8.82. The number of nitrogens with one attached hydrogen (secondary N) is 1. The first-order valence-electron chi connectivity index (χ1n) is 8.82. The van der Waals surface area contributed by atoms with Gasteiger partial charge >= 0.3 is 6.18 Å². The summed E-state index contributed by atoms with van der Waals surface area (Å²) >= 11 is 0. The highest BCUT2D eigenvalue weighted by Gasteiger charge is 2.35. The molecule has 0 aliphatic carbocycles. The van der Waals surface area contributed by atoms with E-state index in [1.165, 1.54) is 17.0 Å². The molecule has 1 atom stereocenters. The fourth-order valence-corrected chi connectivity index (χ4v) is 3.19. The number of halogens is 3. The Bertz CT molecular complexity index is 848. The first kappa shape index (κ1) is 19.9. The van der Waals surface area contributed by atoms with Gasteiger partial charge in [0.1, 0.15) is 6.04 Å². The van der Waals surface area contributed by atoms with E-state index in [1.807, 2.05) is 12.1 Å². The van der Waals surface area contributed by atoms with E-state index in [0.717, 1.165) is 23.3 Å². The van der Waals surface area contributed by atoms with Gasteiger partial charge in [0, 0.05) is 19.6 Å². The van der Waals surface area contributed by atoms with Crippen molar-refractivity contribution in [2.24, 2.45) is 5.73 Å². The molecule has 0 spiro atoms. The van der Waals surface area contributed by atoms with Crippen LogP contribution in [0.4, 0.5) is 13.2 Å². The van der Waals surface area contributed by atoms with Crippen LogP contribution in [0, 0.1) is 0 Å². The highest BCUT2D eigenvalue weighted by atomic mass is 19.4. The molecule has 0 aromatic heterocycles. The minimum atomic E-state index is -4.46. The van der Waals surface area contributed by atoms with Crippen molar-refractivity contribution in [1.82, 2.24) is 10.2 Å². The summed E-state index contributed by atoms with van der Waals surface area (Å²) in [6, 6.07) is 10.7. The molecule has 8 heteroatoms. The van der Waals surface area contributed by atoms with Crippen molar-refractivity contribution < 1.29 is 22.8 Å². The summed E-state index contributed by atoms with van der Waals surface area (Å²) in [5.41, 5.74) is 6.83. The summed E-state index contributed by atoms with van der Waals surface area (Å²) < 4.78 is 38.4. The molecule has 1 heterocycles. The van der Waals surface area contributed by atoms with Crippen molar-refractivity contribution >= 4 is 11.8 Å². The van der Waals surface area contributed by atoms with Gasteiger partial charge in [0.25, 0.3) is 0 Å². The Morgan fingerprint density at radius 1 is 1.07 bits per heavy atom. The summed E-state index contributed by atoms with van der Waals surface area (Å²) in [7, 11) is 0. The van der Waals surface area contributed by atoms with Gasteiger partial charge in [-0.2, -0.15) is 13.2 Å². The van der Waals surface area contributed by atoms with Crippen molar-refractivity contribution in [2.45, 2.75) is 25.2 Å². The summed E-state index contributed by atoms with van der Waals surface area (Å²) in [5.74, 6) is -0.668. The van der Waals surface area contributed by atoms with E-state index < -0.39 is 23.7 Å². The molecule has 1 saturated heterocycles. The van der Waals surface area contributed by atoms with E-state index in [2.05, 4.69) is 5.32 Å². The van der Waals surface area contributed by atoms with E-state index >= 15 is 0 Å². The number of nitrogens with two attached hydrogens (primary N) is 1. The molecule has 2 aromatic rings. The van der Waals surface area contributed by atoms with Gasteiger partial charge in [-0.15, -0.1) is 0 Å². The van der Waals surface area contributed by atoms with Gasteiger partial charge in [0.2, 0.25) is 11.8 Å². The smallest absolute Gasteiger partial charge is 0.352 e. The molecule has 0 bridgehead atoms. The second-order valence-corrected chi connectivity index (χ2v) is 6.60. The van der Waals surface area contributed by atoms with Crippen LogP contribution in [0.1, 0.15) is 28.3 Å². The number of hydrogen-bond donors (Lipinski definition) is 2. The maximum atomic E-state index is 12.8. The Labute approximate surface area is 160 Å². The first-order chi connectivity index (χ1) is 13.3. The molecule has 3 rings (SSSR count). The molecule has 2 aromatic carbocycles. The summed E-state index contributed by atoms with van der Waals surface area (Å²) in [6.45, 7) is 0.988. The number of amides is 2. The lowest BCUT2D eigenvalue weighted by atomic mass is 9.99. The zero-order chi connectivity index (χ0) is 20.3. The Balaban J connectivity index is 1.81. The lowest BCUT2D eigenvalue weighted by Crippen LogP contribution is -2.52. The van der Waals surface area contributed by atoms with E-state index in [9.17, 15) is 22.8 Å². The maximum Gasteiger partial charge on any atom is 0.416 e. The van der Waals surface area contributed by atoms with Crippen LogP contribution in [-0.2, 0) is 28.7 Å². The van der Waals surface area contributed by atoms with Gasteiger partial charge in [-0.05, 0) is 28.8 Å². The fourth-order valence-electron chi connectivity index (χ4n) is 3.19. The summed E-state index contributed by atoms with van der Waals surface area (Å²) in [6.07, 6.45) is -4.37. The third-order valence-electron chi connectivity index (χ3n) is 4.70. The Kier molecular flexibility index (Phi) is 5.69. The minimum Gasteiger partial charge on any atom is -0.352 e. The molecule has 1 aliphatic rings. The van der Waals surface area contributed by atoms with Gasteiger partial charge in [0.15, 0.2) is 0 Å². The second kappa shape index (κ2) is 8.02. The van der Waals surface area contributed by atoms with Crippen molar-refractivity contribution in [3.05, 3.63) is 70.8 Å². The van der Waals surface area contributed by atoms with Crippen molar-refractivity contribution in [2.75, 3.05) is 13.1 Å². The standard InChI is InChI=1S/C20H20F3N3O2/c21-20(22,23)16-7-5-15(6-8-16)18-19(28)25-9-10-26(18)17(27)11-13-1-3-14(12-24)4-2-13/h1-8,18H,9-12,24H2,(H,25,28). The monoisotopic (exact) mass is 391 g/mol. The van der Waals surface area contributed by atoms with Crippen molar-refractivity contribution in [1.29, 1.82) is 0 Å². The number of benzene rings is 2. The predicted molar refractivity (Wildman–Crippen MR) is 96.9 cm³/mol. The van der Waals surface area contributed by atoms with Crippen LogP contribution in [0.5, 0.6) is 0 Å². The Morgan fingerprint density at radius 2 is 1.68 bits per heavy atom. The molecule has 5 nitrogen and oxygen atoms in total. The molecule has 1 unspecified atom stereocenters. The minimum absolute atomic E-state index is 0.0925. The summed E-state index contributed by atoms with van der Waals surface area (Å²) in [5, 5.41) is 2.67. The number of carbonyl (C=O) groups excluding carboxylic acids is 2. The SMILES string of the molecule is NCc1ccc(CC(=O)N2CCNC(=O)C2c2ccc(C(F)(F)F)cc2)cc1. The van der Waals surface area contributed by atoms with Crippen LogP contribution in [0.25, 0.3) is 0 Å². The molecule has 1 fully saturated rings. The van der Waals surface area contributed by atoms with E-state index in [1.54, 1.807) is 12.1 Å². The quantitative estimate of drug-likeness (QED) is 0.841. The van der Waals surface area contributed by atoms with Gasteiger partial charge in [-0.1, -0.05) is 36.4 Å². The van der Waals surface area contributed by atoms with Gasteiger partial charge < -0.3 is 16.0 Å². The zero-order valence-electron chi connectivity index (χ0n) is 15.0. The molecule has 0 radical (unpaired) electrons. The highest BCUT2D eigenvalue weighted by molar-refractivity contribution is 5.90. The number of piperazine rings is 1. The number of alkyl halides is 3. The number of rotatable bonds is 4. The van der Waals surface area contributed by atoms with Crippen LogP contribution in [-0.4, -0.2) is 29.8 Å². The van der Waals surface area contributed by atoms with Crippen LogP contribution >= 0.6 is 0 Å². The molecule has 28 heavy (non-hydrogen) atoms. The average Bonchev–Trinajstić information content (AvgIpc) is 2.68. The number of nitrogens with zero attached hydrogens (tertiary/aromatic N) is 1. The fraction of sp³-hybridized carbons (Fsp3) is 0.300. The molecule has 148 valence electrons. The van der Waals surface area contributed by atoms with Crippen molar-refractivity contribution in [3.63, 3.8) is 0 Å². The van der Waals surface area contributed by atoms with E-state index in [4.69, 9.17) is 5.73 Å². The molecule has 0 saturated carbocycles. The maximum absolute atomic E-state index is 12.8. The van der Waals surface area contributed by atoms with Crippen molar-refractivity contribution in [3.8, 4) is 0 Å². The Hall–Kier alpha value is -2.87. The lowest BCUT2D eigenvalue weighted by molar-refractivity contribution is -0.143. The number of hydrogen-bond acceptors (Lipinski definition) is 3. The van der Waals surface area contributed by atoms with Crippen LogP contribution < -0.4 is 11.1 Å². The molecule has 1 aliphatic heterocycles. The zero-order valence-corrected chi connectivity index (χ0v) is 15.0. The lowest BCUT2D eigenvalue weighted by Gasteiger charge is -2.35. The van der Waals surface area contributed by atoms with Crippen LogP contribution in [0.3, 0.4) is 0 Å². The van der Waals surface area contributed by atoms with E-state index in [0.29, 0.717) is 18.7 Å². The van der Waals surface area contributed by atoms with Crippen LogP contribution in [0.15, 0.2) is 48.5 Å². The molecule has 2 amide bonds. The highest BCUT2D eigenvalue weighted by Crippen LogP contribution is 2.31. The van der Waals surface area contributed by atoms with E-state index in [-0.39, 0.29) is 18.9 Å². The largest absolute Gasteiger partial charge is 0.416 e. The predicted octanol–water partition coefficient (Wildman–Crippen LogP) is 2.41. The topological polar surface area (TPSA) is 75.4 Å². The van der Waals surface area contributed by atoms with Gasteiger partial charge in [0.05, 0.1) is 12.0 Å². The average molecular weight is 391 g/mol. The summed E-state index contributed by atoms with van der Waals surface area (Å²) in [4.78, 5) is 26.6. The van der Waals surface area contributed by atoms with Gasteiger partial charge in [-0.25, -0.2) is 0 Å². The second-order valence-electron chi connectivity index (χ2n) is 6.60. The number of carbonyl (C=O) groups is 2. The third-order valence-corrected chi connectivity index (χ3v) is 4.70. The van der Waals surface area contributed by atoms with Gasteiger partial charge in [-0.3, -0.25) is 9.59 Å². The molecular weight excluding hydrogens is 371 g/mol. The molecular formula is C20H20F3N3O2.